The molecule has 0 radical (unpaired) electrons. The van der Waals surface area contributed by atoms with Gasteiger partial charge in [-0.3, -0.25) is 9.78 Å². The Morgan fingerprint density at radius 2 is 2.03 bits per heavy atom. The molecular formula is C20H21N3O5S. The fourth-order valence-electron chi connectivity index (χ4n) is 3.06. The number of nitrogens with one attached hydrogen (secondary N) is 2. The lowest BCUT2D eigenvalue weighted by Crippen LogP contribution is -2.27. The number of hydrogen-bond acceptors (Lipinski definition) is 5. The summed E-state index contributed by atoms with van der Waals surface area (Å²) in [5.41, 5.74) is 2.08. The summed E-state index contributed by atoms with van der Waals surface area (Å²) >= 11 is 0. The first-order chi connectivity index (χ1) is 13.6. The Hall–Kier alpha value is -3.20. The number of amides is 2. The third-order valence-electron chi connectivity index (χ3n) is 4.63. The van der Waals surface area contributed by atoms with Crippen LogP contribution in [-0.2, 0) is 14.6 Å². The number of carbonyl (C=O) groups is 2. The van der Waals surface area contributed by atoms with Gasteiger partial charge in [-0.15, -0.1) is 0 Å². The van der Waals surface area contributed by atoms with Crippen molar-refractivity contribution < 1.29 is 23.1 Å². The Bertz CT molecular complexity index is 1100. The number of pyridine rings is 1. The van der Waals surface area contributed by atoms with Crippen LogP contribution in [0.5, 0.6) is 0 Å². The lowest BCUT2D eigenvalue weighted by atomic mass is 9.99. The first-order valence-corrected chi connectivity index (χ1v) is 10.8. The molecule has 1 aliphatic heterocycles. The van der Waals surface area contributed by atoms with Gasteiger partial charge in [-0.25, -0.2) is 13.2 Å². The molecule has 0 saturated carbocycles. The smallest absolute Gasteiger partial charge is 0.405 e. The molecule has 2 heterocycles. The maximum atomic E-state index is 12.6. The van der Waals surface area contributed by atoms with Crippen molar-refractivity contribution in [3.8, 4) is 11.1 Å². The van der Waals surface area contributed by atoms with Crippen molar-refractivity contribution in [3.05, 3.63) is 54.4 Å². The molecule has 0 saturated heterocycles. The molecule has 0 aliphatic carbocycles. The zero-order chi connectivity index (χ0) is 21.2. The number of sulfone groups is 1. The van der Waals surface area contributed by atoms with E-state index in [2.05, 4.69) is 15.6 Å². The Morgan fingerprint density at radius 3 is 2.72 bits per heavy atom. The van der Waals surface area contributed by atoms with Crippen molar-refractivity contribution in [1.82, 2.24) is 10.3 Å². The highest BCUT2D eigenvalue weighted by molar-refractivity contribution is 7.90. The summed E-state index contributed by atoms with van der Waals surface area (Å²) in [6, 6.07) is 7.26. The maximum absolute atomic E-state index is 12.6. The number of benzene rings is 1. The summed E-state index contributed by atoms with van der Waals surface area (Å²) in [4.78, 5) is 28.2. The normalized spacial score (nSPS) is 19.3. The molecule has 0 unspecified atom stereocenters. The average Bonchev–Trinajstić information content (AvgIpc) is 2.65. The molecule has 2 atom stereocenters. The van der Waals surface area contributed by atoms with Gasteiger partial charge < -0.3 is 15.7 Å². The minimum Gasteiger partial charge on any atom is -0.465 e. The number of rotatable bonds is 2. The van der Waals surface area contributed by atoms with Crippen molar-refractivity contribution in [2.45, 2.75) is 24.3 Å². The Kier molecular flexibility index (Phi) is 5.69. The SMILES string of the molecule is C[C@@H]1C=CC[C@H](NC(=O)O)c2cc(ccn2)-c2cc(S(C)(=O)=O)ccc2NC1=O. The summed E-state index contributed by atoms with van der Waals surface area (Å²) in [5, 5.41) is 14.4. The predicted octanol–water partition coefficient (Wildman–Crippen LogP) is 3.00. The first kappa shape index (κ1) is 20.5. The second kappa shape index (κ2) is 8.04. The van der Waals surface area contributed by atoms with E-state index in [4.69, 9.17) is 5.11 Å². The van der Waals surface area contributed by atoms with E-state index in [-0.39, 0.29) is 10.8 Å². The summed E-state index contributed by atoms with van der Waals surface area (Å²) < 4.78 is 24.1. The van der Waals surface area contributed by atoms with Gasteiger partial charge in [0, 0.05) is 23.7 Å². The maximum Gasteiger partial charge on any atom is 0.405 e. The fourth-order valence-corrected chi connectivity index (χ4v) is 3.71. The van der Waals surface area contributed by atoms with Crippen LogP contribution in [0.15, 0.2) is 53.6 Å². The molecular weight excluding hydrogens is 394 g/mol. The van der Waals surface area contributed by atoms with Gasteiger partial charge in [0.2, 0.25) is 5.91 Å². The number of fused-ring (bicyclic) bond motifs is 4. The number of carboxylic acid groups (broad SMARTS) is 1. The minimum absolute atomic E-state index is 0.115. The van der Waals surface area contributed by atoms with Crippen LogP contribution in [0.3, 0.4) is 0 Å². The van der Waals surface area contributed by atoms with Crippen molar-refractivity contribution >= 4 is 27.5 Å². The largest absolute Gasteiger partial charge is 0.465 e. The Balaban J connectivity index is 2.21. The topological polar surface area (TPSA) is 125 Å². The molecule has 8 nitrogen and oxygen atoms in total. The van der Waals surface area contributed by atoms with Crippen LogP contribution in [0, 0.1) is 5.92 Å². The molecule has 152 valence electrons. The van der Waals surface area contributed by atoms with Crippen LogP contribution in [0.25, 0.3) is 11.1 Å². The van der Waals surface area contributed by atoms with Crippen molar-refractivity contribution in [2.75, 3.05) is 11.6 Å². The van der Waals surface area contributed by atoms with Crippen LogP contribution < -0.4 is 10.6 Å². The lowest BCUT2D eigenvalue weighted by molar-refractivity contribution is -0.118. The van der Waals surface area contributed by atoms with Crippen LogP contribution in [-0.4, -0.2) is 36.8 Å². The summed E-state index contributed by atoms with van der Waals surface area (Å²) in [7, 11) is -3.46. The third kappa shape index (κ3) is 4.80. The van der Waals surface area contributed by atoms with Crippen molar-refractivity contribution in [2.24, 2.45) is 5.92 Å². The number of hydrogen-bond donors (Lipinski definition) is 3. The molecule has 3 rings (SSSR count). The van der Waals surface area contributed by atoms with E-state index in [9.17, 15) is 18.0 Å². The number of anilines is 1. The summed E-state index contributed by atoms with van der Waals surface area (Å²) in [6.45, 7) is 1.72. The molecule has 29 heavy (non-hydrogen) atoms. The molecule has 1 aromatic carbocycles. The average molecular weight is 415 g/mol. The molecule has 0 fully saturated rings. The number of aromatic nitrogens is 1. The second-order valence-electron chi connectivity index (χ2n) is 6.89. The highest BCUT2D eigenvalue weighted by Crippen LogP contribution is 2.33. The van der Waals surface area contributed by atoms with Crippen LogP contribution in [0.4, 0.5) is 10.5 Å². The van der Waals surface area contributed by atoms with Gasteiger partial charge >= 0.3 is 6.09 Å². The molecule has 1 aliphatic rings. The van der Waals surface area contributed by atoms with Gasteiger partial charge in [0.25, 0.3) is 0 Å². The predicted molar refractivity (Wildman–Crippen MR) is 108 cm³/mol. The molecule has 3 N–H and O–H groups in total. The lowest BCUT2D eigenvalue weighted by Gasteiger charge is -2.19. The van der Waals surface area contributed by atoms with E-state index in [1.54, 1.807) is 37.3 Å². The molecule has 2 bridgehead atoms. The van der Waals surface area contributed by atoms with Crippen LogP contribution in [0.2, 0.25) is 0 Å². The molecule has 0 spiro atoms. The Labute approximate surface area is 168 Å². The van der Waals surface area contributed by atoms with E-state index in [1.165, 1.54) is 18.3 Å². The summed E-state index contributed by atoms with van der Waals surface area (Å²) in [6.07, 6.45) is 5.21. The van der Waals surface area contributed by atoms with Crippen molar-refractivity contribution in [3.63, 3.8) is 0 Å². The summed E-state index contributed by atoms with van der Waals surface area (Å²) in [5.74, 6) is -0.721. The number of nitrogens with zero attached hydrogens (tertiary/aromatic N) is 1. The van der Waals surface area contributed by atoms with Gasteiger partial charge in [0.05, 0.1) is 22.5 Å². The highest BCUT2D eigenvalue weighted by Gasteiger charge is 2.20. The zero-order valence-electron chi connectivity index (χ0n) is 15.9. The van der Waals surface area contributed by atoms with Gasteiger partial charge in [-0.05, 0) is 42.3 Å². The van der Waals surface area contributed by atoms with Crippen molar-refractivity contribution in [1.29, 1.82) is 0 Å². The standard InChI is InChI=1S/C20H21N3O5S/c1-12-4-3-5-17(23-20(25)26)18-10-13(8-9-21-18)15-11-14(29(2,27)28)6-7-16(15)22-19(12)24/h3-4,6-12,17,23H,5H2,1-2H3,(H,22,24)(H,25,26)/t12-,17+/m1/s1. The van der Waals surface area contributed by atoms with Gasteiger partial charge in [-0.2, -0.15) is 0 Å². The molecule has 1 aromatic heterocycles. The fraction of sp³-hybridized carbons (Fsp3) is 0.250. The van der Waals surface area contributed by atoms with E-state index >= 15 is 0 Å². The van der Waals surface area contributed by atoms with Gasteiger partial charge in [-0.1, -0.05) is 19.1 Å². The second-order valence-corrected chi connectivity index (χ2v) is 8.91. The van der Waals surface area contributed by atoms with Gasteiger partial charge in [0.15, 0.2) is 9.84 Å². The zero-order valence-corrected chi connectivity index (χ0v) is 16.7. The highest BCUT2D eigenvalue weighted by atomic mass is 32.2. The third-order valence-corrected chi connectivity index (χ3v) is 5.74. The van der Waals surface area contributed by atoms with Crippen LogP contribution >= 0.6 is 0 Å². The van der Waals surface area contributed by atoms with E-state index in [1.807, 2.05) is 0 Å². The van der Waals surface area contributed by atoms with Gasteiger partial charge in [0.1, 0.15) is 0 Å². The minimum atomic E-state index is -3.46. The number of carbonyl (C=O) groups excluding carboxylic acids is 1. The monoisotopic (exact) mass is 415 g/mol. The first-order valence-electron chi connectivity index (χ1n) is 8.92. The van der Waals surface area contributed by atoms with E-state index in [0.717, 1.165) is 6.26 Å². The molecule has 2 amide bonds. The molecule has 9 heteroatoms. The van der Waals surface area contributed by atoms with E-state index < -0.39 is 27.9 Å². The molecule has 2 aromatic rings. The Morgan fingerprint density at radius 1 is 1.28 bits per heavy atom. The van der Waals surface area contributed by atoms with E-state index in [0.29, 0.717) is 28.9 Å². The van der Waals surface area contributed by atoms with Crippen LogP contribution in [0.1, 0.15) is 25.1 Å². The quantitative estimate of drug-likeness (QED) is 0.648.